The lowest BCUT2D eigenvalue weighted by Crippen LogP contribution is -2.40. The summed E-state index contributed by atoms with van der Waals surface area (Å²) in [6.07, 6.45) is 8.01. The number of rotatable bonds is 7. The van der Waals surface area contributed by atoms with Crippen LogP contribution >= 0.6 is 0 Å². The first-order valence-electron chi connectivity index (χ1n) is 14.0. The molecule has 1 saturated heterocycles. The molecule has 1 N–H and O–H groups in total. The highest BCUT2D eigenvalue weighted by Crippen LogP contribution is 2.43. The predicted octanol–water partition coefficient (Wildman–Crippen LogP) is 7.37. The highest BCUT2D eigenvalue weighted by Gasteiger charge is 2.26. The second-order valence-electron chi connectivity index (χ2n) is 11.0. The minimum atomic E-state index is -0.916. The number of fused-ring (bicyclic) bond motifs is 2. The van der Waals surface area contributed by atoms with Gasteiger partial charge in [0.25, 0.3) is 0 Å². The summed E-state index contributed by atoms with van der Waals surface area (Å²) in [5.74, 6) is -1.02. The molecule has 6 rings (SSSR count). The molecule has 5 heteroatoms. The SMILES string of the molecule is O=C(O)c1ccc2c(c1)CCCC(c1ccc(F)c3c1CCC3)=C2c1ccc(C=C2CN(CCCF)C2)cc1. The zero-order valence-electron chi connectivity index (χ0n) is 22.1. The van der Waals surface area contributed by atoms with Crippen molar-refractivity contribution in [1.82, 2.24) is 4.90 Å². The molecular formula is C34H33F2NO2. The van der Waals surface area contributed by atoms with Crippen LogP contribution in [0.5, 0.6) is 0 Å². The maximum absolute atomic E-state index is 14.7. The molecule has 1 heterocycles. The standard InChI is InChI=1S/C34H33F2NO2/c35-16-3-17-37-20-23(21-37)18-22-8-10-24(11-9-22)33-27-13-12-26(34(38)39)19-25(27)4-1-7-31(33)29-14-15-32(36)30-6-2-5-28(29)30/h8-15,18-19H,1-7,16-17,20-21H2,(H,38,39). The highest BCUT2D eigenvalue weighted by molar-refractivity contribution is 6.01. The number of halogens is 2. The number of aryl methyl sites for hydroxylation is 1. The third-order valence-electron chi connectivity index (χ3n) is 8.38. The predicted molar refractivity (Wildman–Crippen MR) is 152 cm³/mol. The van der Waals surface area contributed by atoms with Gasteiger partial charge in [-0.2, -0.15) is 0 Å². The number of benzene rings is 3. The Bertz CT molecular complexity index is 1480. The van der Waals surface area contributed by atoms with Crippen LogP contribution in [0.4, 0.5) is 8.78 Å². The minimum Gasteiger partial charge on any atom is -0.478 e. The van der Waals surface area contributed by atoms with E-state index < -0.39 is 5.97 Å². The molecule has 3 aromatic carbocycles. The molecule has 0 amide bonds. The van der Waals surface area contributed by atoms with Crippen molar-refractivity contribution in [2.75, 3.05) is 26.3 Å². The van der Waals surface area contributed by atoms with E-state index in [9.17, 15) is 18.7 Å². The van der Waals surface area contributed by atoms with Gasteiger partial charge in [0.1, 0.15) is 5.82 Å². The van der Waals surface area contributed by atoms with Gasteiger partial charge in [-0.1, -0.05) is 42.5 Å². The van der Waals surface area contributed by atoms with Crippen LogP contribution in [0.25, 0.3) is 17.2 Å². The van der Waals surface area contributed by atoms with Gasteiger partial charge in [0.05, 0.1) is 12.2 Å². The zero-order chi connectivity index (χ0) is 26.9. The molecule has 0 radical (unpaired) electrons. The number of nitrogens with zero attached hydrogens (tertiary/aromatic N) is 1. The lowest BCUT2D eigenvalue weighted by molar-refractivity contribution is 0.0696. The molecule has 0 saturated carbocycles. The number of hydrogen-bond acceptors (Lipinski definition) is 2. The molecule has 3 aromatic rings. The van der Waals surface area contributed by atoms with Crippen LogP contribution in [0, 0.1) is 5.82 Å². The lowest BCUT2D eigenvalue weighted by atomic mass is 9.85. The Balaban J connectivity index is 1.42. The lowest BCUT2D eigenvalue weighted by Gasteiger charge is -2.33. The van der Waals surface area contributed by atoms with E-state index in [2.05, 4.69) is 35.2 Å². The van der Waals surface area contributed by atoms with Gasteiger partial charge in [-0.25, -0.2) is 9.18 Å². The number of carboxylic acid groups (broad SMARTS) is 1. The molecule has 3 nitrogen and oxygen atoms in total. The van der Waals surface area contributed by atoms with E-state index in [1.54, 1.807) is 12.1 Å². The Morgan fingerprint density at radius 2 is 1.64 bits per heavy atom. The Kier molecular flexibility index (Phi) is 7.18. The number of likely N-dealkylation sites (tertiary alicyclic amines) is 1. The maximum atomic E-state index is 14.7. The van der Waals surface area contributed by atoms with E-state index in [1.807, 2.05) is 18.2 Å². The Morgan fingerprint density at radius 1 is 0.897 bits per heavy atom. The molecule has 200 valence electrons. The molecule has 0 aromatic heterocycles. The van der Waals surface area contributed by atoms with E-state index >= 15 is 0 Å². The van der Waals surface area contributed by atoms with Crippen molar-refractivity contribution in [3.8, 4) is 0 Å². The fourth-order valence-corrected chi connectivity index (χ4v) is 6.51. The van der Waals surface area contributed by atoms with E-state index in [1.165, 1.54) is 11.1 Å². The summed E-state index contributed by atoms with van der Waals surface area (Å²) in [5.41, 5.74) is 11.5. The highest BCUT2D eigenvalue weighted by atomic mass is 19.1. The first kappa shape index (κ1) is 25.7. The van der Waals surface area contributed by atoms with Gasteiger partial charge < -0.3 is 5.11 Å². The van der Waals surface area contributed by atoms with Crippen LogP contribution in [0.3, 0.4) is 0 Å². The largest absolute Gasteiger partial charge is 0.478 e. The van der Waals surface area contributed by atoms with E-state index in [-0.39, 0.29) is 12.5 Å². The molecule has 0 atom stereocenters. The fourth-order valence-electron chi connectivity index (χ4n) is 6.51. The first-order valence-corrected chi connectivity index (χ1v) is 14.0. The second-order valence-corrected chi connectivity index (χ2v) is 11.0. The van der Waals surface area contributed by atoms with Crippen molar-refractivity contribution in [3.63, 3.8) is 0 Å². The normalized spacial score (nSPS) is 16.9. The maximum Gasteiger partial charge on any atom is 0.335 e. The van der Waals surface area contributed by atoms with Crippen LogP contribution in [-0.4, -0.2) is 42.3 Å². The molecule has 3 aliphatic rings. The third kappa shape index (κ3) is 5.08. The molecule has 2 aliphatic carbocycles. The third-order valence-corrected chi connectivity index (χ3v) is 8.38. The van der Waals surface area contributed by atoms with Crippen LogP contribution < -0.4 is 0 Å². The molecule has 1 aliphatic heterocycles. The van der Waals surface area contributed by atoms with Crippen molar-refractivity contribution in [3.05, 3.63) is 110 Å². The van der Waals surface area contributed by atoms with Crippen LogP contribution in [0.2, 0.25) is 0 Å². The van der Waals surface area contributed by atoms with E-state index in [0.29, 0.717) is 12.0 Å². The van der Waals surface area contributed by atoms with Crippen LogP contribution in [0.1, 0.15) is 75.0 Å². The number of carbonyl (C=O) groups is 1. The van der Waals surface area contributed by atoms with Crippen LogP contribution in [0.15, 0.2) is 60.2 Å². The quantitative estimate of drug-likeness (QED) is 0.350. The Hall–Kier alpha value is -3.57. The van der Waals surface area contributed by atoms with Gasteiger partial charge in [-0.3, -0.25) is 9.29 Å². The van der Waals surface area contributed by atoms with Crippen molar-refractivity contribution in [1.29, 1.82) is 0 Å². The summed E-state index contributed by atoms with van der Waals surface area (Å²) >= 11 is 0. The van der Waals surface area contributed by atoms with E-state index in [4.69, 9.17) is 0 Å². The monoisotopic (exact) mass is 525 g/mol. The van der Waals surface area contributed by atoms with Gasteiger partial charge in [0.15, 0.2) is 0 Å². The summed E-state index contributed by atoms with van der Waals surface area (Å²) in [6.45, 7) is 2.33. The summed E-state index contributed by atoms with van der Waals surface area (Å²) in [5, 5.41) is 9.62. The molecule has 0 bridgehead atoms. The molecule has 1 fully saturated rings. The fraction of sp³-hybridized carbons (Fsp3) is 0.324. The Labute approximate surface area is 228 Å². The minimum absolute atomic E-state index is 0.106. The first-order chi connectivity index (χ1) is 19.0. The average molecular weight is 526 g/mol. The van der Waals surface area contributed by atoms with Crippen LogP contribution in [-0.2, 0) is 19.3 Å². The van der Waals surface area contributed by atoms with Gasteiger partial charge in [-0.05, 0) is 119 Å². The Morgan fingerprint density at radius 3 is 2.41 bits per heavy atom. The molecular weight excluding hydrogens is 492 g/mol. The number of aromatic carboxylic acids is 1. The zero-order valence-corrected chi connectivity index (χ0v) is 22.1. The smallest absolute Gasteiger partial charge is 0.335 e. The van der Waals surface area contributed by atoms with Gasteiger partial charge in [0.2, 0.25) is 0 Å². The molecule has 0 spiro atoms. The summed E-state index contributed by atoms with van der Waals surface area (Å²) in [6, 6.07) is 17.6. The van der Waals surface area contributed by atoms with Gasteiger partial charge >= 0.3 is 5.97 Å². The van der Waals surface area contributed by atoms with Crippen molar-refractivity contribution >= 4 is 23.2 Å². The average Bonchev–Trinajstić information content (AvgIpc) is 3.34. The topological polar surface area (TPSA) is 40.5 Å². The number of hydrogen-bond donors (Lipinski definition) is 1. The molecule has 0 unspecified atom stereocenters. The van der Waals surface area contributed by atoms with Gasteiger partial charge in [0, 0.05) is 19.6 Å². The summed E-state index contributed by atoms with van der Waals surface area (Å²) < 4.78 is 27.1. The second kappa shape index (κ2) is 10.9. The van der Waals surface area contributed by atoms with Crippen molar-refractivity contribution in [2.24, 2.45) is 0 Å². The van der Waals surface area contributed by atoms with Crippen molar-refractivity contribution < 1.29 is 18.7 Å². The number of alkyl halides is 1. The summed E-state index contributed by atoms with van der Waals surface area (Å²) in [4.78, 5) is 14.0. The molecule has 39 heavy (non-hydrogen) atoms. The summed E-state index contributed by atoms with van der Waals surface area (Å²) in [7, 11) is 0. The number of carboxylic acids is 1. The van der Waals surface area contributed by atoms with E-state index in [0.717, 1.165) is 103 Å². The van der Waals surface area contributed by atoms with Crippen molar-refractivity contribution in [2.45, 2.75) is 44.9 Å². The number of allylic oxidation sites excluding steroid dienone is 1. The van der Waals surface area contributed by atoms with Gasteiger partial charge in [-0.15, -0.1) is 0 Å².